The van der Waals surface area contributed by atoms with Crippen LogP contribution in [0.15, 0.2) is 30.3 Å². The summed E-state index contributed by atoms with van der Waals surface area (Å²) < 4.78 is 28.1. The molecule has 5 heteroatoms. The van der Waals surface area contributed by atoms with Crippen molar-refractivity contribution in [1.82, 2.24) is 9.47 Å². The van der Waals surface area contributed by atoms with Gasteiger partial charge in [-0.05, 0) is 12.1 Å². The number of benzene rings is 1. The fraction of sp³-hybridized carbons (Fsp3) is 0.400. The van der Waals surface area contributed by atoms with Crippen molar-refractivity contribution in [3.63, 3.8) is 0 Å². The van der Waals surface area contributed by atoms with Crippen molar-refractivity contribution in [1.29, 1.82) is 0 Å². The number of alkyl halides is 2. The highest BCUT2D eigenvalue weighted by Crippen LogP contribution is 2.29. The summed E-state index contributed by atoms with van der Waals surface area (Å²) in [6.45, 7) is 0.237. The first-order valence-corrected chi connectivity index (χ1v) is 6.69. The molecule has 0 atom stereocenters. The number of hydrogen-bond donors (Lipinski definition) is 0. The lowest BCUT2D eigenvalue weighted by molar-refractivity contribution is -0.0495. The van der Waals surface area contributed by atoms with Gasteiger partial charge in [-0.3, -0.25) is 4.79 Å². The molecule has 1 amide bonds. The second kappa shape index (κ2) is 4.58. The van der Waals surface area contributed by atoms with E-state index in [1.807, 2.05) is 41.9 Å². The molecule has 0 radical (unpaired) electrons. The number of aryl methyl sites for hydroxylation is 1. The summed E-state index contributed by atoms with van der Waals surface area (Å²) in [5.41, 5.74) is 1.52. The Morgan fingerprint density at radius 3 is 2.50 bits per heavy atom. The van der Waals surface area contributed by atoms with Crippen LogP contribution < -0.4 is 0 Å². The van der Waals surface area contributed by atoms with Gasteiger partial charge in [-0.25, -0.2) is 8.78 Å². The van der Waals surface area contributed by atoms with Crippen molar-refractivity contribution >= 4 is 16.8 Å². The maximum atomic E-state index is 13.1. The maximum Gasteiger partial charge on any atom is 0.270 e. The Hall–Kier alpha value is -1.91. The Bertz CT molecular complexity index is 653. The zero-order valence-corrected chi connectivity index (χ0v) is 11.3. The quantitative estimate of drug-likeness (QED) is 0.787. The van der Waals surface area contributed by atoms with E-state index in [2.05, 4.69) is 0 Å². The smallest absolute Gasteiger partial charge is 0.270 e. The third kappa shape index (κ3) is 2.17. The van der Waals surface area contributed by atoms with Gasteiger partial charge >= 0.3 is 0 Å². The van der Waals surface area contributed by atoms with Gasteiger partial charge < -0.3 is 9.47 Å². The predicted octanol–water partition coefficient (Wildman–Crippen LogP) is 3.05. The van der Waals surface area contributed by atoms with Gasteiger partial charge in [0, 0.05) is 43.9 Å². The van der Waals surface area contributed by atoms with Crippen LogP contribution in [0.5, 0.6) is 0 Å². The fourth-order valence-corrected chi connectivity index (χ4v) is 2.69. The summed E-state index contributed by atoms with van der Waals surface area (Å²) >= 11 is 0. The van der Waals surface area contributed by atoms with E-state index >= 15 is 0 Å². The number of nitrogens with zero attached hydrogens (tertiary/aromatic N) is 2. The van der Waals surface area contributed by atoms with Gasteiger partial charge in [0.1, 0.15) is 5.69 Å². The zero-order chi connectivity index (χ0) is 14.3. The third-order valence-electron chi connectivity index (χ3n) is 3.95. The van der Waals surface area contributed by atoms with Crippen LogP contribution in [0, 0.1) is 0 Å². The molecule has 0 aliphatic carbocycles. The Labute approximate surface area is 115 Å². The Morgan fingerprint density at radius 1 is 1.20 bits per heavy atom. The molecule has 1 aromatic carbocycles. The van der Waals surface area contributed by atoms with Gasteiger partial charge in [0.15, 0.2) is 0 Å². The van der Waals surface area contributed by atoms with E-state index in [9.17, 15) is 13.6 Å². The Morgan fingerprint density at radius 2 is 1.85 bits per heavy atom. The first-order chi connectivity index (χ1) is 9.48. The standard InChI is InChI=1S/C15H16F2N2O/c1-18-12-5-3-2-4-11(12)10-13(18)14(20)19-8-6-15(16,17)7-9-19/h2-5,10H,6-9H2,1H3. The molecular weight excluding hydrogens is 262 g/mol. The minimum Gasteiger partial charge on any atom is -0.340 e. The van der Waals surface area contributed by atoms with Crippen molar-refractivity contribution in [3.05, 3.63) is 36.0 Å². The van der Waals surface area contributed by atoms with Crippen LogP contribution in [0.2, 0.25) is 0 Å². The summed E-state index contributed by atoms with van der Waals surface area (Å²) in [5.74, 6) is -2.80. The molecule has 3 rings (SSSR count). The molecule has 0 spiro atoms. The number of piperidine rings is 1. The minimum atomic E-state index is -2.63. The molecule has 0 bridgehead atoms. The molecule has 1 aromatic heterocycles. The van der Waals surface area contributed by atoms with Crippen LogP contribution in [0.3, 0.4) is 0 Å². The number of rotatable bonds is 1. The van der Waals surface area contributed by atoms with Crippen molar-refractivity contribution in [3.8, 4) is 0 Å². The fourth-order valence-electron chi connectivity index (χ4n) is 2.69. The van der Waals surface area contributed by atoms with Gasteiger partial charge in [-0.1, -0.05) is 18.2 Å². The monoisotopic (exact) mass is 278 g/mol. The van der Waals surface area contributed by atoms with E-state index in [4.69, 9.17) is 0 Å². The van der Waals surface area contributed by atoms with Crippen molar-refractivity contribution in [2.45, 2.75) is 18.8 Å². The number of likely N-dealkylation sites (tertiary alicyclic amines) is 1. The molecule has 2 aromatic rings. The molecule has 2 heterocycles. The van der Waals surface area contributed by atoms with E-state index in [1.54, 1.807) is 0 Å². The summed E-state index contributed by atoms with van der Waals surface area (Å²) in [6.07, 6.45) is -0.495. The highest BCUT2D eigenvalue weighted by molar-refractivity contribution is 5.98. The molecule has 0 N–H and O–H groups in total. The number of halogens is 2. The van der Waals surface area contributed by atoms with Crippen LogP contribution in [0.4, 0.5) is 8.78 Å². The minimum absolute atomic E-state index is 0.118. The molecule has 0 saturated carbocycles. The summed E-state index contributed by atoms with van der Waals surface area (Å²) in [6, 6.07) is 9.54. The zero-order valence-electron chi connectivity index (χ0n) is 11.3. The second-order valence-corrected chi connectivity index (χ2v) is 5.30. The third-order valence-corrected chi connectivity index (χ3v) is 3.95. The number of carbonyl (C=O) groups excluding carboxylic acids is 1. The largest absolute Gasteiger partial charge is 0.340 e. The molecule has 1 saturated heterocycles. The average Bonchev–Trinajstić information content (AvgIpc) is 2.76. The van der Waals surface area contributed by atoms with E-state index < -0.39 is 5.92 Å². The number of carbonyl (C=O) groups is 1. The summed E-state index contributed by atoms with van der Waals surface area (Å²) in [5, 5.41) is 0.987. The molecule has 1 aliphatic heterocycles. The molecular formula is C15H16F2N2O. The van der Waals surface area contributed by atoms with Crippen molar-refractivity contribution < 1.29 is 13.6 Å². The molecule has 0 unspecified atom stereocenters. The molecule has 1 fully saturated rings. The van der Waals surface area contributed by atoms with Crippen LogP contribution in [-0.4, -0.2) is 34.4 Å². The topological polar surface area (TPSA) is 25.2 Å². The summed E-state index contributed by atoms with van der Waals surface area (Å²) in [4.78, 5) is 14.0. The van der Waals surface area contributed by atoms with Crippen LogP contribution in [0.1, 0.15) is 23.3 Å². The molecule has 106 valence electrons. The second-order valence-electron chi connectivity index (χ2n) is 5.30. The molecule has 20 heavy (non-hydrogen) atoms. The normalized spacial score (nSPS) is 18.4. The van der Waals surface area contributed by atoms with Gasteiger partial charge in [-0.2, -0.15) is 0 Å². The lowest BCUT2D eigenvalue weighted by Crippen LogP contribution is -2.43. The number of hydrogen-bond acceptors (Lipinski definition) is 1. The lowest BCUT2D eigenvalue weighted by atomic mass is 10.1. The predicted molar refractivity (Wildman–Crippen MR) is 73.0 cm³/mol. The maximum absolute atomic E-state index is 13.1. The number of para-hydroxylation sites is 1. The van der Waals surface area contributed by atoms with Gasteiger partial charge in [-0.15, -0.1) is 0 Å². The first-order valence-electron chi connectivity index (χ1n) is 6.69. The number of fused-ring (bicyclic) bond motifs is 1. The van der Waals surface area contributed by atoms with Gasteiger partial charge in [0.25, 0.3) is 11.8 Å². The average molecular weight is 278 g/mol. The van der Waals surface area contributed by atoms with E-state index in [1.165, 1.54) is 4.90 Å². The van der Waals surface area contributed by atoms with Crippen LogP contribution in [0.25, 0.3) is 10.9 Å². The summed E-state index contributed by atoms with van der Waals surface area (Å²) in [7, 11) is 1.83. The van der Waals surface area contributed by atoms with Crippen LogP contribution in [-0.2, 0) is 7.05 Å². The van der Waals surface area contributed by atoms with E-state index in [0.29, 0.717) is 5.69 Å². The SMILES string of the molecule is Cn1c(C(=O)N2CCC(F)(F)CC2)cc2ccccc21. The molecule has 1 aliphatic rings. The number of aromatic nitrogens is 1. The van der Waals surface area contributed by atoms with E-state index in [-0.39, 0.29) is 31.8 Å². The highest BCUT2D eigenvalue weighted by atomic mass is 19.3. The highest BCUT2D eigenvalue weighted by Gasteiger charge is 2.36. The van der Waals surface area contributed by atoms with Gasteiger partial charge in [0.05, 0.1) is 0 Å². The van der Waals surface area contributed by atoms with E-state index in [0.717, 1.165) is 10.9 Å². The Kier molecular flexibility index (Phi) is 3.00. The molecule has 3 nitrogen and oxygen atoms in total. The van der Waals surface area contributed by atoms with Crippen molar-refractivity contribution in [2.24, 2.45) is 7.05 Å². The lowest BCUT2D eigenvalue weighted by Gasteiger charge is -2.31. The Balaban J connectivity index is 1.88. The van der Waals surface area contributed by atoms with Gasteiger partial charge in [0.2, 0.25) is 0 Å². The van der Waals surface area contributed by atoms with Crippen LogP contribution >= 0.6 is 0 Å². The van der Waals surface area contributed by atoms with Crippen molar-refractivity contribution in [2.75, 3.05) is 13.1 Å². The number of amides is 1. The first kappa shape index (κ1) is 13.1.